The first-order valence-corrected chi connectivity index (χ1v) is 13.0. The molecule has 1 aliphatic rings. The number of aromatic nitrogens is 3. The Bertz CT molecular complexity index is 1580. The van der Waals surface area contributed by atoms with Gasteiger partial charge < -0.3 is 19.9 Å². The van der Waals surface area contributed by atoms with Crippen molar-refractivity contribution in [3.63, 3.8) is 0 Å². The molecule has 0 aliphatic carbocycles. The van der Waals surface area contributed by atoms with Gasteiger partial charge in [0, 0.05) is 50.3 Å². The zero-order valence-corrected chi connectivity index (χ0v) is 22.9. The van der Waals surface area contributed by atoms with E-state index >= 15 is 0 Å². The third kappa shape index (κ3) is 5.15. The number of pyridine rings is 1. The smallest absolute Gasteiger partial charge is 0.334 e. The minimum Gasteiger partial charge on any atom is -0.373 e. The molecule has 9 nitrogen and oxygen atoms in total. The van der Waals surface area contributed by atoms with Gasteiger partial charge in [0.15, 0.2) is 0 Å². The SMILES string of the molecule is CN(C)CC1CN(c2ccc(Nc3cc4c(cn3)c(=N)n(-c3c(Cl)cccc3Cl)c(=O)n4C)cc2)CCO1. The molecule has 198 valence electrons. The Hall–Kier alpha value is -3.37. The van der Waals surface area contributed by atoms with E-state index < -0.39 is 5.69 Å². The van der Waals surface area contributed by atoms with Crippen LogP contribution in [0.2, 0.25) is 10.0 Å². The molecule has 38 heavy (non-hydrogen) atoms. The van der Waals surface area contributed by atoms with Crippen molar-refractivity contribution in [1.29, 1.82) is 5.41 Å². The quantitative estimate of drug-likeness (QED) is 0.374. The van der Waals surface area contributed by atoms with Crippen LogP contribution in [0.1, 0.15) is 0 Å². The van der Waals surface area contributed by atoms with E-state index in [2.05, 4.69) is 46.3 Å². The van der Waals surface area contributed by atoms with Gasteiger partial charge in [-0.15, -0.1) is 0 Å². The minimum atomic E-state index is -0.433. The number of para-hydroxylation sites is 1. The summed E-state index contributed by atoms with van der Waals surface area (Å²) in [6.07, 6.45) is 1.76. The van der Waals surface area contributed by atoms with Gasteiger partial charge in [-0.3, -0.25) is 9.98 Å². The van der Waals surface area contributed by atoms with Crippen LogP contribution < -0.4 is 21.4 Å². The summed E-state index contributed by atoms with van der Waals surface area (Å²) in [5.74, 6) is 0.561. The summed E-state index contributed by atoms with van der Waals surface area (Å²) in [4.78, 5) is 22.3. The van der Waals surface area contributed by atoms with Gasteiger partial charge >= 0.3 is 5.69 Å². The lowest BCUT2D eigenvalue weighted by molar-refractivity contribution is 0.0248. The van der Waals surface area contributed by atoms with Crippen molar-refractivity contribution in [1.82, 2.24) is 19.0 Å². The molecule has 1 fully saturated rings. The minimum absolute atomic E-state index is 0.0421. The van der Waals surface area contributed by atoms with E-state index in [1.807, 2.05) is 12.1 Å². The van der Waals surface area contributed by atoms with Crippen LogP contribution in [0.4, 0.5) is 17.2 Å². The predicted octanol–water partition coefficient (Wildman–Crippen LogP) is 4.02. The molecule has 0 amide bonds. The number of nitrogens with one attached hydrogen (secondary N) is 2. The average Bonchev–Trinajstić information content (AvgIpc) is 2.89. The molecule has 1 atom stereocenters. The Morgan fingerprint density at radius 3 is 2.55 bits per heavy atom. The van der Waals surface area contributed by atoms with Gasteiger partial charge in [0.05, 0.1) is 39.3 Å². The van der Waals surface area contributed by atoms with Crippen molar-refractivity contribution >= 4 is 51.3 Å². The molecule has 3 heterocycles. The van der Waals surface area contributed by atoms with Crippen molar-refractivity contribution in [2.24, 2.45) is 7.05 Å². The number of likely N-dealkylation sites (N-methyl/N-ethyl adjacent to an activating group) is 1. The number of hydrogen-bond donors (Lipinski definition) is 2. The van der Waals surface area contributed by atoms with Gasteiger partial charge in [0.1, 0.15) is 11.3 Å². The molecule has 4 aromatic rings. The summed E-state index contributed by atoms with van der Waals surface area (Å²) in [6.45, 7) is 3.29. The second kappa shape index (κ2) is 10.8. The molecule has 2 aromatic carbocycles. The first-order chi connectivity index (χ1) is 18.2. The van der Waals surface area contributed by atoms with Gasteiger partial charge in [-0.2, -0.15) is 0 Å². The molecule has 1 saturated heterocycles. The molecule has 0 bridgehead atoms. The number of hydrogen-bond acceptors (Lipinski definition) is 7. The van der Waals surface area contributed by atoms with E-state index in [4.69, 9.17) is 33.3 Å². The van der Waals surface area contributed by atoms with Crippen molar-refractivity contribution < 1.29 is 4.74 Å². The third-order valence-corrected chi connectivity index (χ3v) is 7.18. The zero-order chi connectivity index (χ0) is 27.0. The average molecular weight is 554 g/mol. The van der Waals surface area contributed by atoms with Crippen LogP contribution in [0.15, 0.2) is 59.5 Å². The molecular weight excluding hydrogens is 525 g/mol. The number of ether oxygens (including phenoxy) is 1. The topological polar surface area (TPSA) is 91.4 Å². The lowest BCUT2D eigenvalue weighted by Gasteiger charge is -2.35. The fourth-order valence-corrected chi connectivity index (χ4v) is 5.29. The number of halogens is 2. The summed E-state index contributed by atoms with van der Waals surface area (Å²) in [5.41, 5.74) is 2.37. The summed E-state index contributed by atoms with van der Waals surface area (Å²) in [6, 6.07) is 14.9. The third-order valence-electron chi connectivity index (χ3n) is 6.57. The maximum absolute atomic E-state index is 13.3. The van der Waals surface area contributed by atoms with E-state index in [0.29, 0.717) is 23.3 Å². The van der Waals surface area contributed by atoms with Crippen LogP contribution in [-0.4, -0.2) is 65.5 Å². The number of fused-ring (bicyclic) bond motifs is 1. The first-order valence-electron chi connectivity index (χ1n) is 12.2. The highest BCUT2D eigenvalue weighted by Crippen LogP contribution is 2.27. The molecule has 2 aromatic heterocycles. The molecule has 0 spiro atoms. The lowest BCUT2D eigenvalue weighted by Crippen LogP contribution is -2.46. The first kappa shape index (κ1) is 26.2. The van der Waals surface area contributed by atoms with Crippen LogP contribution in [0.3, 0.4) is 0 Å². The van der Waals surface area contributed by atoms with E-state index in [1.54, 1.807) is 37.5 Å². The van der Waals surface area contributed by atoms with Crippen molar-refractivity contribution in [2.75, 3.05) is 50.6 Å². The normalized spacial score (nSPS) is 15.8. The summed E-state index contributed by atoms with van der Waals surface area (Å²) < 4.78 is 8.56. The monoisotopic (exact) mass is 553 g/mol. The number of rotatable bonds is 6. The Morgan fingerprint density at radius 1 is 1.16 bits per heavy atom. The standard InChI is InChI=1S/C27H29Cl2N7O2/c1-33(2)15-19-16-35(11-12-38-19)18-9-7-17(8-10-18)32-24-13-23-20(14-31-24)26(30)36(27(37)34(23)3)25-21(28)5-4-6-22(25)29/h4-10,13-14,19,30H,11-12,15-16H2,1-3H3,(H,31,32). The Morgan fingerprint density at radius 2 is 1.87 bits per heavy atom. The van der Waals surface area contributed by atoms with E-state index in [9.17, 15) is 4.79 Å². The summed E-state index contributed by atoms with van der Waals surface area (Å²) >= 11 is 12.7. The number of nitrogens with zero attached hydrogens (tertiary/aromatic N) is 5. The Labute approximate surface area is 230 Å². The number of morpholine rings is 1. The number of anilines is 3. The largest absolute Gasteiger partial charge is 0.373 e. The fraction of sp³-hybridized carbons (Fsp3) is 0.296. The molecule has 0 radical (unpaired) electrons. The lowest BCUT2D eigenvalue weighted by atomic mass is 10.2. The van der Waals surface area contributed by atoms with Gasteiger partial charge in [0.2, 0.25) is 0 Å². The van der Waals surface area contributed by atoms with Gasteiger partial charge in [-0.1, -0.05) is 29.3 Å². The molecule has 0 saturated carbocycles. The van der Waals surface area contributed by atoms with E-state index in [1.165, 1.54) is 9.13 Å². The maximum atomic E-state index is 13.3. The van der Waals surface area contributed by atoms with E-state index in [0.717, 1.165) is 31.0 Å². The van der Waals surface area contributed by atoms with Crippen LogP contribution in [0.5, 0.6) is 0 Å². The molecular formula is C27H29Cl2N7O2. The molecule has 1 aliphatic heterocycles. The molecule has 11 heteroatoms. The number of benzene rings is 2. The maximum Gasteiger partial charge on any atom is 0.334 e. The molecule has 5 rings (SSSR count). The Balaban J connectivity index is 1.41. The van der Waals surface area contributed by atoms with Crippen LogP contribution in [0.25, 0.3) is 16.6 Å². The Kier molecular flexibility index (Phi) is 7.45. The number of aryl methyl sites for hydroxylation is 1. The van der Waals surface area contributed by atoms with Crippen molar-refractivity contribution in [2.45, 2.75) is 6.10 Å². The van der Waals surface area contributed by atoms with Crippen LogP contribution in [0, 0.1) is 5.41 Å². The highest BCUT2D eigenvalue weighted by atomic mass is 35.5. The predicted molar refractivity (Wildman–Crippen MR) is 152 cm³/mol. The highest BCUT2D eigenvalue weighted by molar-refractivity contribution is 6.37. The van der Waals surface area contributed by atoms with Gasteiger partial charge in [0.25, 0.3) is 0 Å². The summed E-state index contributed by atoms with van der Waals surface area (Å²) in [5, 5.41) is 13.1. The molecule has 1 unspecified atom stereocenters. The fourth-order valence-electron chi connectivity index (χ4n) is 4.73. The molecule has 2 N–H and O–H groups in total. The van der Waals surface area contributed by atoms with Crippen molar-refractivity contribution in [3.8, 4) is 5.69 Å². The highest BCUT2D eigenvalue weighted by Gasteiger charge is 2.21. The van der Waals surface area contributed by atoms with Gasteiger partial charge in [-0.25, -0.2) is 14.3 Å². The van der Waals surface area contributed by atoms with E-state index in [-0.39, 0.29) is 27.3 Å². The summed E-state index contributed by atoms with van der Waals surface area (Å²) in [7, 11) is 5.76. The zero-order valence-electron chi connectivity index (χ0n) is 21.4. The van der Waals surface area contributed by atoms with Crippen molar-refractivity contribution in [3.05, 3.63) is 80.7 Å². The van der Waals surface area contributed by atoms with Crippen LogP contribution in [-0.2, 0) is 11.8 Å². The second-order valence-corrected chi connectivity index (χ2v) is 10.4. The van der Waals surface area contributed by atoms with Crippen LogP contribution >= 0.6 is 23.2 Å². The second-order valence-electron chi connectivity index (χ2n) is 9.56. The van der Waals surface area contributed by atoms with Gasteiger partial charge in [-0.05, 0) is 50.5 Å².